The second-order valence-electron chi connectivity index (χ2n) is 6.68. The molecular formula is C17H23N3O5S2. The van der Waals surface area contributed by atoms with Gasteiger partial charge in [0, 0.05) is 12.1 Å². The third-order valence-corrected chi connectivity index (χ3v) is 5.35. The number of carbonyl (C=O) groups excluding carboxylic acids is 1. The summed E-state index contributed by atoms with van der Waals surface area (Å²) in [6, 6.07) is 6.80. The highest BCUT2D eigenvalue weighted by molar-refractivity contribution is 7.92. The highest BCUT2D eigenvalue weighted by Crippen LogP contribution is 2.34. The maximum Gasteiger partial charge on any atom is 0.229 e. The van der Waals surface area contributed by atoms with Crippen molar-refractivity contribution in [1.82, 2.24) is 4.72 Å². The zero-order chi connectivity index (χ0) is 20.3. The molecule has 0 bridgehead atoms. The Balaban J connectivity index is 2.34. The molecular weight excluding hydrogens is 390 g/mol. The summed E-state index contributed by atoms with van der Waals surface area (Å²) in [5.74, 6) is -0.520. The zero-order valence-electron chi connectivity index (χ0n) is 15.1. The SMILES string of the molecule is CS(=O)(=O)Nc1cccc(C2=CC=CC(CCC(N)=O)(NS(C)(=O)=O)C2)c1. The summed E-state index contributed by atoms with van der Waals surface area (Å²) in [7, 11) is -6.96. The predicted octanol–water partition coefficient (Wildman–Crippen LogP) is 0.955. The predicted molar refractivity (Wildman–Crippen MR) is 106 cm³/mol. The minimum absolute atomic E-state index is 0.0236. The fraction of sp³-hybridized carbons (Fsp3) is 0.353. The Morgan fingerprint density at radius 1 is 1.19 bits per heavy atom. The summed E-state index contributed by atoms with van der Waals surface area (Å²) in [4.78, 5) is 11.2. The van der Waals surface area contributed by atoms with Gasteiger partial charge >= 0.3 is 0 Å². The molecule has 2 rings (SSSR count). The van der Waals surface area contributed by atoms with E-state index in [0.29, 0.717) is 12.1 Å². The van der Waals surface area contributed by atoms with Gasteiger partial charge in [-0.3, -0.25) is 9.52 Å². The molecule has 0 heterocycles. The maximum atomic E-state index is 11.8. The molecule has 148 valence electrons. The van der Waals surface area contributed by atoms with Gasteiger partial charge in [0.2, 0.25) is 26.0 Å². The van der Waals surface area contributed by atoms with Crippen molar-refractivity contribution in [2.45, 2.75) is 24.8 Å². The fourth-order valence-corrected chi connectivity index (χ4v) is 4.55. The molecule has 0 radical (unpaired) electrons. The zero-order valence-corrected chi connectivity index (χ0v) is 16.7. The minimum atomic E-state index is -3.54. The Morgan fingerprint density at radius 2 is 1.89 bits per heavy atom. The number of hydrogen-bond donors (Lipinski definition) is 3. The number of hydrogen-bond acceptors (Lipinski definition) is 5. The van der Waals surface area contributed by atoms with Gasteiger partial charge in [0.1, 0.15) is 0 Å². The van der Waals surface area contributed by atoms with Crippen LogP contribution in [-0.2, 0) is 24.8 Å². The Labute approximate surface area is 159 Å². The second kappa shape index (κ2) is 7.83. The summed E-state index contributed by atoms with van der Waals surface area (Å²) in [6.45, 7) is 0. The first-order valence-corrected chi connectivity index (χ1v) is 11.9. The standard InChI is InChI=1S/C17H23N3O5S2/c1-26(22,23)19-15-7-3-5-13(11-15)14-6-4-9-17(12-14,10-8-16(18)21)20-27(2,24)25/h3-7,9,11,19-20H,8,10,12H2,1-2H3,(H2,18,21). The first-order chi connectivity index (χ1) is 12.4. The lowest BCUT2D eigenvalue weighted by Gasteiger charge is -2.34. The van der Waals surface area contributed by atoms with Crippen molar-refractivity contribution in [2.24, 2.45) is 5.73 Å². The number of carbonyl (C=O) groups is 1. The number of primary amides is 1. The summed E-state index contributed by atoms with van der Waals surface area (Å²) in [5, 5.41) is 0. The topological polar surface area (TPSA) is 135 Å². The van der Waals surface area contributed by atoms with Gasteiger partial charge in [-0.05, 0) is 36.1 Å². The molecule has 0 aliphatic heterocycles. The van der Waals surface area contributed by atoms with Crippen molar-refractivity contribution >= 4 is 37.2 Å². The van der Waals surface area contributed by atoms with Crippen LogP contribution >= 0.6 is 0 Å². The largest absolute Gasteiger partial charge is 0.370 e. The van der Waals surface area contributed by atoms with Crippen LogP contribution in [0.2, 0.25) is 0 Å². The summed E-state index contributed by atoms with van der Waals surface area (Å²) >= 11 is 0. The smallest absolute Gasteiger partial charge is 0.229 e. The van der Waals surface area contributed by atoms with Gasteiger partial charge in [-0.25, -0.2) is 21.6 Å². The van der Waals surface area contributed by atoms with Gasteiger partial charge in [0.15, 0.2) is 0 Å². The van der Waals surface area contributed by atoms with Gasteiger partial charge in [-0.2, -0.15) is 0 Å². The van der Waals surface area contributed by atoms with Crippen molar-refractivity contribution in [1.29, 1.82) is 0 Å². The van der Waals surface area contributed by atoms with Crippen LogP contribution < -0.4 is 15.2 Å². The fourth-order valence-electron chi connectivity index (χ4n) is 3.01. The molecule has 0 aromatic heterocycles. The molecule has 0 fully saturated rings. The number of sulfonamides is 2. The Kier molecular flexibility index (Phi) is 6.13. The Bertz CT molecular complexity index is 997. The van der Waals surface area contributed by atoms with E-state index in [-0.39, 0.29) is 12.8 Å². The molecule has 1 aromatic carbocycles. The van der Waals surface area contributed by atoms with Crippen LogP contribution in [0.4, 0.5) is 5.69 Å². The quantitative estimate of drug-likeness (QED) is 0.583. The molecule has 27 heavy (non-hydrogen) atoms. The van der Waals surface area contributed by atoms with Gasteiger partial charge in [0.25, 0.3) is 0 Å². The van der Waals surface area contributed by atoms with E-state index in [0.717, 1.165) is 23.6 Å². The number of benzene rings is 1. The van der Waals surface area contributed by atoms with Crippen molar-refractivity contribution in [3.63, 3.8) is 0 Å². The monoisotopic (exact) mass is 413 g/mol. The number of amides is 1. The number of rotatable bonds is 8. The van der Waals surface area contributed by atoms with Gasteiger partial charge < -0.3 is 5.73 Å². The lowest BCUT2D eigenvalue weighted by molar-refractivity contribution is -0.118. The number of nitrogens with two attached hydrogens (primary N) is 1. The van der Waals surface area contributed by atoms with E-state index in [4.69, 9.17) is 5.73 Å². The first kappa shape index (κ1) is 21.1. The molecule has 1 aliphatic carbocycles. The molecule has 10 heteroatoms. The van der Waals surface area contributed by atoms with Gasteiger partial charge in [0.05, 0.1) is 18.1 Å². The molecule has 1 atom stereocenters. The Hall–Kier alpha value is -2.17. The Morgan fingerprint density at radius 3 is 2.48 bits per heavy atom. The molecule has 8 nitrogen and oxygen atoms in total. The molecule has 1 aliphatic rings. The van der Waals surface area contributed by atoms with Crippen LogP contribution in [0, 0.1) is 0 Å². The van der Waals surface area contributed by atoms with Crippen molar-refractivity contribution < 1.29 is 21.6 Å². The molecule has 1 amide bonds. The van der Waals surface area contributed by atoms with E-state index in [1.54, 1.807) is 36.4 Å². The van der Waals surface area contributed by atoms with E-state index < -0.39 is 31.5 Å². The molecule has 1 aromatic rings. The third-order valence-electron chi connectivity index (χ3n) is 3.96. The van der Waals surface area contributed by atoms with Crippen LogP contribution in [0.15, 0.2) is 42.5 Å². The van der Waals surface area contributed by atoms with Crippen LogP contribution in [0.25, 0.3) is 5.57 Å². The van der Waals surface area contributed by atoms with Crippen LogP contribution in [0.1, 0.15) is 24.8 Å². The van der Waals surface area contributed by atoms with Crippen LogP contribution in [-0.4, -0.2) is 40.8 Å². The number of anilines is 1. The highest BCUT2D eigenvalue weighted by Gasteiger charge is 2.33. The molecule has 0 saturated heterocycles. The van der Waals surface area contributed by atoms with Crippen molar-refractivity contribution in [2.75, 3.05) is 17.2 Å². The van der Waals surface area contributed by atoms with Crippen molar-refractivity contribution in [3.05, 3.63) is 48.1 Å². The van der Waals surface area contributed by atoms with E-state index in [9.17, 15) is 21.6 Å². The molecule has 0 spiro atoms. The molecule has 4 N–H and O–H groups in total. The summed E-state index contributed by atoms with van der Waals surface area (Å²) in [5.41, 5.74) is 6.21. The van der Waals surface area contributed by atoms with Gasteiger partial charge in [-0.15, -0.1) is 0 Å². The average molecular weight is 414 g/mol. The number of allylic oxidation sites excluding steroid dienone is 2. The van der Waals surface area contributed by atoms with E-state index in [1.807, 2.05) is 6.08 Å². The van der Waals surface area contributed by atoms with E-state index in [2.05, 4.69) is 9.44 Å². The van der Waals surface area contributed by atoms with Crippen molar-refractivity contribution in [3.8, 4) is 0 Å². The van der Waals surface area contributed by atoms with E-state index >= 15 is 0 Å². The summed E-state index contributed by atoms with van der Waals surface area (Å²) < 4.78 is 51.6. The minimum Gasteiger partial charge on any atom is -0.370 e. The lowest BCUT2D eigenvalue weighted by Crippen LogP contribution is -2.47. The van der Waals surface area contributed by atoms with Crippen LogP contribution in [0.3, 0.4) is 0 Å². The lowest BCUT2D eigenvalue weighted by atomic mass is 9.81. The van der Waals surface area contributed by atoms with Gasteiger partial charge in [-0.1, -0.05) is 30.4 Å². The summed E-state index contributed by atoms with van der Waals surface area (Å²) in [6.07, 6.45) is 7.90. The average Bonchev–Trinajstić information content (AvgIpc) is 2.50. The second-order valence-corrected chi connectivity index (χ2v) is 10.2. The van der Waals surface area contributed by atoms with E-state index in [1.165, 1.54) is 0 Å². The normalized spacial score (nSPS) is 20.1. The number of nitrogens with one attached hydrogen (secondary N) is 2. The highest BCUT2D eigenvalue weighted by atomic mass is 32.2. The molecule has 0 saturated carbocycles. The molecule has 1 unspecified atom stereocenters. The first-order valence-electron chi connectivity index (χ1n) is 8.11. The third kappa shape index (κ3) is 6.81. The maximum absolute atomic E-state index is 11.8. The van der Waals surface area contributed by atoms with Crippen LogP contribution in [0.5, 0.6) is 0 Å².